The molecule has 0 unspecified atom stereocenters. The third-order valence-corrected chi connectivity index (χ3v) is 4.12. The molecule has 1 aliphatic heterocycles. The second kappa shape index (κ2) is 7.48. The van der Waals surface area contributed by atoms with Gasteiger partial charge in [0.1, 0.15) is 12.3 Å². The number of imide groups is 1. The molecule has 2 aromatic rings. The summed E-state index contributed by atoms with van der Waals surface area (Å²) in [4.78, 5) is 22.7. The molecule has 1 aliphatic rings. The molecule has 0 aromatic heterocycles. The van der Waals surface area contributed by atoms with Crippen molar-refractivity contribution in [2.45, 2.75) is 6.61 Å². The maximum absolute atomic E-state index is 11.6. The highest BCUT2D eigenvalue weighted by Crippen LogP contribution is 2.35. The molecule has 2 aromatic carbocycles. The topological polar surface area (TPSA) is 91.2 Å². The van der Waals surface area contributed by atoms with Gasteiger partial charge in [0.05, 0.1) is 21.7 Å². The van der Waals surface area contributed by atoms with Crippen molar-refractivity contribution in [3.8, 4) is 11.8 Å². The van der Waals surface area contributed by atoms with Crippen molar-refractivity contribution in [1.82, 2.24) is 10.6 Å². The van der Waals surface area contributed by atoms with Crippen LogP contribution in [-0.2, 0) is 11.4 Å². The summed E-state index contributed by atoms with van der Waals surface area (Å²) >= 11 is 12.5. The highest BCUT2D eigenvalue weighted by Gasteiger charge is 2.23. The van der Waals surface area contributed by atoms with E-state index in [1.54, 1.807) is 36.4 Å². The maximum Gasteiger partial charge on any atom is 0.326 e. The average Bonchev–Trinajstić information content (AvgIpc) is 2.91. The van der Waals surface area contributed by atoms with E-state index in [9.17, 15) is 9.59 Å². The van der Waals surface area contributed by atoms with Crippen LogP contribution in [0.3, 0.4) is 0 Å². The summed E-state index contributed by atoms with van der Waals surface area (Å²) < 4.78 is 5.67. The molecule has 3 amide bonds. The van der Waals surface area contributed by atoms with Gasteiger partial charge in [-0.05, 0) is 29.8 Å². The molecule has 1 heterocycles. The van der Waals surface area contributed by atoms with Crippen molar-refractivity contribution in [3.05, 3.63) is 68.8 Å². The molecular weight excluding hydrogens is 377 g/mol. The van der Waals surface area contributed by atoms with E-state index < -0.39 is 11.9 Å². The molecule has 3 rings (SSSR count). The Balaban J connectivity index is 1.82. The molecular formula is C18H11Cl2N3O3. The minimum Gasteiger partial charge on any atom is -0.486 e. The van der Waals surface area contributed by atoms with Crippen LogP contribution in [0.15, 0.2) is 42.1 Å². The van der Waals surface area contributed by atoms with Gasteiger partial charge in [0.25, 0.3) is 5.91 Å². The Labute approximate surface area is 159 Å². The van der Waals surface area contributed by atoms with E-state index in [1.165, 1.54) is 6.08 Å². The monoisotopic (exact) mass is 387 g/mol. The first-order chi connectivity index (χ1) is 12.5. The van der Waals surface area contributed by atoms with Gasteiger partial charge in [-0.1, -0.05) is 41.4 Å². The number of rotatable bonds is 4. The Kier molecular flexibility index (Phi) is 5.12. The first-order valence-electron chi connectivity index (χ1n) is 7.42. The lowest BCUT2D eigenvalue weighted by Crippen LogP contribution is -2.22. The third kappa shape index (κ3) is 3.80. The summed E-state index contributed by atoms with van der Waals surface area (Å²) in [6.07, 6.45) is 1.45. The molecule has 1 fully saturated rings. The van der Waals surface area contributed by atoms with Crippen molar-refractivity contribution < 1.29 is 14.3 Å². The smallest absolute Gasteiger partial charge is 0.326 e. The number of urea groups is 1. The first-order valence-corrected chi connectivity index (χ1v) is 8.17. The van der Waals surface area contributed by atoms with Gasteiger partial charge >= 0.3 is 6.03 Å². The molecule has 2 N–H and O–H groups in total. The Morgan fingerprint density at radius 2 is 1.81 bits per heavy atom. The van der Waals surface area contributed by atoms with Crippen molar-refractivity contribution in [2.75, 3.05) is 0 Å². The molecule has 8 heteroatoms. The van der Waals surface area contributed by atoms with E-state index in [2.05, 4.69) is 16.7 Å². The van der Waals surface area contributed by atoms with E-state index in [4.69, 9.17) is 33.2 Å². The lowest BCUT2D eigenvalue weighted by molar-refractivity contribution is -0.115. The number of benzene rings is 2. The number of carbonyl (C=O) groups is 2. The molecule has 0 aliphatic carbocycles. The zero-order chi connectivity index (χ0) is 18.7. The van der Waals surface area contributed by atoms with E-state index >= 15 is 0 Å². The van der Waals surface area contributed by atoms with Crippen LogP contribution >= 0.6 is 23.2 Å². The fourth-order valence-electron chi connectivity index (χ4n) is 2.35. The van der Waals surface area contributed by atoms with Gasteiger partial charge in [-0.15, -0.1) is 0 Å². The van der Waals surface area contributed by atoms with Crippen molar-refractivity contribution in [3.63, 3.8) is 0 Å². The number of nitrogens with one attached hydrogen (secondary N) is 2. The summed E-state index contributed by atoms with van der Waals surface area (Å²) in [5.74, 6) is -0.265. The van der Waals surface area contributed by atoms with Gasteiger partial charge in [-0.3, -0.25) is 10.1 Å². The summed E-state index contributed by atoms with van der Waals surface area (Å²) in [5.41, 5.74) is 1.83. The number of hydrogen-bond acceptors (Lipinski definition) is 4. The predicted octanol–water partition coefficient (Wildman–Crippen LogP) is 3.62. The van der Waals surface area contributed by atoms with Gasteiger partial charge in [-0.25, -0.2) is 4.79 Å². The molecule has 0 bridgehead atoms. The molecule has 26 heavy (non-hydrogen) atoms. The van der Waals surface area contributed by atoms with Crippen molar-refractivity contribution in [2.24, 2.45) is 0 Å². The third-order valence-electron chi connectivity index (χ3n) is 3.56. The lowest BCUT2D eigenvalue weighted by Gasteiger charge is -2.12. The van der Waals surface area contributed by atoms with Crippen molar-refractivity contribution >= 4 is 41.2 Å². The van der Waals surface area contributed by atoms with Crippen LogP contribution < -0.4 is 15.4 Å². The zero-order valence-electron chi connectivity index (χ0n) is 13.2. The number of halogens is 2. The number of nitrogens with zero attached hydrogens (tertiary/aromatic N) is 1. The maximum atomic E-state index is 11.6. The Morgan fingerprint density at radius 3 is 2.42 bits per heavy atom. The minimum atomic E-state index is -0.588. The van der Waals surface area contributed by atoms with Crippen LogP contribution in [0.1, 0.15) is 16.7 Å². The second-order valence-corrected chi connectivity index (χ2v) is 6.15. The molecule has 130 valence electrons. The zero-order valence-corrected chi connectivity index (χ0v) is 14.7. The molecule has 0 spiro atoms. The van der Waals surface area contributed by atoms with Crippen LogP contribution in [0.4, 0.5) is 4.79 Å². The van der Waals surface area contributed by atoms with Gasteiger partial charge in [0.15, 0.2) is 5.75 Å². The Hall–Kier alpha value is -3.01. The fourth-order valence-corrected chi connectivity index (χ4v) is 2.97. The van der Waals surface area contributed by atoms with Gasteiger partial charge in [0.2, 0.25) is 0 Å². The van der Waals surface area contributed by atoms with Crippen LogP contribution in [0, 0.1) is 11.3 Å². The van der Waals surface area contributed by atoms with Gasteiger partial charge in [0, 0.05) is 5.56 Å². The SMILES string of the molecule is N#Cc1ccccc1COc1c(Cl)cc(C=C2NC(=O)NC2=O)cc1Cl. The number of nitriles is 1. The molecule has 0 atom stereocenters. The number of amides is 3. The Bertz CT molecular complexity index is 957. The molecule has 6 nitrogen and oxygen atoms in total. The molecule has 0 saturated carbocycles. The largest absolute Gasteiger partial charge is 0.486 e. The van der Waals surface area contributed by atoms with E-state index in [0.717, 1.165) is 0 Å². The van der Waals surface area contributed by atoms with Gasteiger partial charge < -0.3 is 10.1 Å². The summed E-state index contributed by atoms with van der Waals surface area (Å²) in [6, 6.07) is 11.7. The normalized spacial score (nSPS) is 14.7. The highest BCUT2D eigenvalue weighted by atomic mass is 35.5. The number of hydrogen-bond donors (Lipinski definition) is 2. The second-order valence-electron chi connectivity index (χ2n) is 5.34. The van der Waals surface area contributed by atoms with E-state index in [0.29, 0.717) is 16.7 Å². The number of carbonyl (C=O) groups excluding carboxylic acids is 2. The first kappa shape index (κ1) is 17.8. The van der Waals surface area contributed by atoms with Crippen LogP contribution in [-0.4, -0.2) is 11.9 Å². The fraction of sp³-hybridized carbons (Fsp3) is 0.0556. The standard InChI is InChI=1S/C18H11Cl2N3O3/c19-13-5-10(7-15-17(24)23-18(25)22-15)6-14(20)16(13)26-9-12-4-2-1-3-11(12)8-21/h1-7H,9H2,(H2,22,23,24,25). The lowest BCUT2D eigenvalue weighted by atomic mass is 10.1. The average molecular weight is 388 g/mol. The van der Waals surface area contributed by atoms with Crippen LogP contribution in [0.25, 0.3) is 6.08 Å². The van der Waals surface area contributed by atoms with Crippen molar-refractivity contribution in [1.29, 1.82) is 5.26 Å². The quantitative estimate of drug-likeness (QED) is 0.618. The summed E-state index contributed by atoms with van der Waals surface area (Å²) in [5, 5.41) is 14.1. The van der Waals surface area contributed by atoms with Crippen LogP contribution in [0.5, 0.6) is 5.75 Å². The molecule has 0 radical (unpaired) electrons. The van der Waals surface area contributed by atoms with Crippen LogP contribution in [0.2, 0.25) is 10.0 Å². The Morgan fingerprint density at radius 1 is 1.12 bits per heavy atom. The summed E-state index contributed by atoms with van der Waals surface area (Å²) in [6.45, 7) is 0.127. The van der Waals surface area contributed by atoms with E-state index in [-0.39, 0.29) is 28.1 Å². The highest BCUT2D eigenvalue weighted by molar-refractivity contribution is 6.37. The van der Waals surface area contributed by atoms with Gasteiger partial charge in [-0.2, -0.15) is 5.26 Å². The molecule has 1 saturated heterocycles. The minimum absolute atomic E-state index is 0.0961. The summed E-state index contributed by atoms with van der Waals surface area (Å²) in [7, 11) is 0. The van der Waals surface area contributed by atoms with E-state index in [1.807, 2.05) is 0 Å². The number of ether oxygens (including phenoxy) is 1. The predicted molar refractivity (Wildman–Crippen MR) is 96.6 cm³/mol.